The molecule has 1 aromatic rings. The Hall–Kier alpha value is -1.75. The van der Waals surface area contributed by atoms with Gasteiger partial charge in [0, 0.05) is 12.1 Å². The molecule has 0 unspecified atom stereocenters. The maximum atomic E-state index is 12.7. The third-order valence-electron chi connectivity index (χ3n) is 3.01. The summed E-state index contributed by atoms with van der Waals surface area (Å²) in [6.07, 6.45) is 1.72. The van der Waals surface area contributed by atoms with Gasteiger partial charge in [0.1, 0.15) is 5.82 Å². The third-order valence-corrected chi connectivity index (χ3v) is 3.01. The van der Waals surface area contributed by atoms with Gasteiger partial charge in [0.15, 0.2) is 0 Å². The Morgan fingerprint density at radius 3 is 2.61 bits per heavy atom. The monoisotopic (exact) mass is 250 g/mol. The van der Waals surface area contributed by atoms with Crippen LogP contribution in [0.5, 0.6) is 0 Å². The first-order chi connectivity index (χ1) is 8.66. The van der Waals surface area contributed by atoms with Gasteiger partial charge in [0.05, 0.1) is 5.92 Å². The Labute approximate surface area is 105 Å². The van der Waals surface area contributed by atoms with Gasteiger partial charge in [-0.25, -0.2) is 4.39 Å². The lowest BCUT2D eigenvalue weighted by molar-refractivity contribution is -0.124. The number of benzene rings is 1. The lowest BCUT2D eigenvalue weighted by Gasteiger charge is -2.21. The lowest BCUT2D eigenvalue weighted by atomic mass is 9.99. The van der Waals surface area contributed by atoms with Crippen LogP contribution in [0.2, 0.25) is 0 Å². The fourth-order valence-corrected chi connectivity index (χ4v) is 1.96. The molecular formula is C13H15FN2O2. The second-order valence-corrected chi connectivity index (χ2v) is 4.37. The normalized spacial score (nSPS) is 19.3. The highest BCUT2D eigenvalue weighted by atomic mass is 19.1. The van der Waals surface area contributed by atoms with Crippen LogP contribution in [-0.2, 0) is 4.79 Å². The predicted octanol–water partition coefficient (Wildman–Crippen LogP) is 1.08. The minimum absolute atomic E-state index is 0.164. The number of amides is 2. The summed E-state index contributed by atoms with van der Waals surface area (Å²) in [5, 5.41) is 5.46. The van der Waals surface area contributed by atoms with Crippen molar-refractivity contribution in [2.24, 2.45) is 5.92 Å². The second kappa shape index (κ2) is 5.73. The lowest BCUT2D eigenvalue weighted by Crippen LogP contribution is -2.42. The summed E-state index contributed by atoms with van der Waals surface area (Å²) in [6, 6.07) is 5.11. The number of carbonyl (C=O) groups excluding carboxylic acids is 2. The van der Waals surface area contributed by atoms with E-state index in [-0.39, 0.29) is 17.4 Å². The maximum absolute atomic E-state index is 12.7. The largest absolute Gasteiger partial charge is 0.316 e. The van der Waals surface area contributed by atoms with E-state index in [2.05, 4.69) is 10.6 Å². The van der Waals surface area contributed by atoms with Crippen LogP contribution in [0.1, 0.15) is 23.2 Å². The van der Waals surface area contributed by atoms with Gasteiger partial charge in [-0.05, 0) is 43.7 Å². The van der Waals surface area contributed by atoms with Crippen molar-refractivity contribution in [2.45, 2.75) is 12.8 Å². The van der Waals surface area contributed by atoms with Crippen molar-refractivity contribution in [1.82, 2.24) is 10.6 Å². The molecule has 0 aliphatic carbocycles. The van der Waals surface area contributed by atoms with Crippen LogP contribution in [0.3, 0.4) is 0 Å². The molecule has 2 N–H and O–H groups in total. The van der Waals surface area contributed by atoms with E-state index >= 15 is 0 Å². The van der Waals surface area contributed by atoms with Gasteiger partial charge in [0.2, 0.25) is 5.91 Å². The second-order valence-electron chi connectivity index (χ2n) is 4.37. The van der Waals surface area contributed by atoms with Gasteiger partial charge in [-0.1, -0.05) is 0 Å². The van der Waals surface area contributed by atoms with E-state index in [1.54, 1.807) is 0 Å². The van der Waals surface area contributed by atoms with Crippen LogP contribution in [0.25, 0.3) is 0 Å². The summed E-state index contributed by atoms with van der Waals surface area (Å²) >= 11 is 0. The number of nitrogens with one attached hydrogen (secondary N) is 2. The molecule has 1 fully saturated rings. The summed E-state index contributed by atoms with van der Waals surface area (Å²) in [5.41, 5.74) is 0.286. The molecule has 0 aromatic heterocycles. The van der Waals surface area contributed by atoms with E-state index in [9.17, 15) is 14.0 Å². The van der Waals surface area contributed by atoms with Gasteiger partial charge >= 0.3 is 0 Å². The number of rotatable bonds is 2. The molecule has 1 atom stereocenters. The molecular weight excluding hydrogens is 235 g/mol. The van der Waals surface area contributed by atoms with Gasteiger partial charge < -0.3 is 5.32 Å². The Bertz CT molecular complexity index is 439. The average molecular weight is 250 g/mol. The van der Waals surface area contributed by atoms with Crippen molar-refractivity contribution in [3.8, 4) is 0 Å². The van der Waals surface area contributed by atoms with E-state index in [1.807, 2.05) is 0 Å². The highest BCUT2D eigenvalue weighted by molar-refractivity contribution is 6.05. The Balaban J connectivity index is 1.94. The topological polar surface area (TPSA) is 58.2 Å². The van der Waals surface area contributed by atoms with Gasteiger partial charge in [-0.15, -0.1) is 0 Å². The van der Waals surface area contributed by atoms with Gasteiger partial charge in [-0.2, -0.15) is 0 Å². The Morgan fingerprint density at radius 1 is 1.28 bits per heavy atom. The van der Waals surface area contributed by atoms with Crippen LogP contribution in [-0.4, -0.2) is 24.9 Å². The molecule has 2 rings (SSSR count). The minimum atomic E-state index is -0.481. The van der Waals surface area contributed by atoms with E-state index in [0.29, 0.717) is 6.54 Å². The van der Waals surface area contributed by atoms with Gasteiger partial charge in [0.25, 0.3) is 5.91 Å². The predicted molar refractivity (Wildman–Crippen MR) is 64.5 cm³/mol. The summed E-state index contributed by atoms with van der Waals surface area (Å²) in [7, 11) is 0. The third kappa shape index (κ3) is 3.13. The number of hydrogen-bond acceptors (Lipinski definition) is 3. The zero-order chi connectivity index (χ0) is 13.0. The number of piperidine rings is 1. The van der Waals surface area contributed by atoms with Crippen molar-refractivity contribution < 1.29 is 14.0 Å². The minimum Gasteiger partial charge on any atom is -0.316 e. The summed E-state index contributed by atoms with van der Waals surface area (Å²) < 4.78 is 12.7. The van der Waals surface area contributed by atoms with Crippen molar-refractivity contribution in [1.29, 1.82) is 0 Å². The van der Waals surface area contributed by atoms with Gasteiger partial charge in [-0.3, -0.25) is 14.9 Å². The van der Waals surface area contributed by atoms with E-state index in [0.717, 1.165) is 19.4 Å². The Kier molecular flexibility index (Phi) is 4.04. The Morgan fingerprint density at radius 2 is 2.00 bits per heavy atom. The zero-order valence-electron chi connectivity index (χ0n) is 9.91. The van der Waals surface area contributed by atoms with Crippen LogP contribution in [0.15, 0.2) is 24.3 Å². The van der Waals surface area contributed by atoms with Crippen LogP contribution >= 0.6 is 0 Å². The van der Waals surface area contributed by atoms with Crippen LogP contribution in [0, 0.1) is 11.7 Å². The first kappa shape index (κ1) is 12.7. The molecule has 0 bridgehead atoms. The summed E-state index contributed by atoms with van der Waals surface area (Å²) in [5.74, 6) is -1.32. The van der Waals surface area contributed by atoms with Crippen molar-refractivity contribution in [3.05, 3.63) is 35.6 Å². The maximum Gasteiger partial charge on any atom is 0.257 e. The molecule has 0 spiro atoms. The summed E-state index contributed by atoms with van der Waals surface area (Å²) in [6.45, 7) is 1.51. The molecule has 1 saturated heterocycles. The molecule has 96 valence electrons. The van der Waals surface area contributed by atoms with E-state index < -0.39 is 11.7 Å². The fourth-order valence-electron chi connectivity index (χ4n) is 1.96. The van der Waals surface area contributed by atoms with E-state index in [4.69, 9.17) is 0 Å². The molecule has 1 aromatic carbocycles. The van der Waals surface area contributed by atoms with Crippen LogP contribution in [0.4, 0.5) is 4.39 Å². The molecule has 2 amide bonds. The molecule has 0 radical (unpaired) electrons. The standard InChI is InChI=1S/C13H15FN2O2/c14-11-5-3-9(4-6-11)12(17)16-13(18)10-2-1-7-15-8-10/h3-6,10,15H,1-2,7-8H2,(H,16,17,18)/t10-/m0/s1. The van der Waals surface area contributed by atoms with Crippen LogP contribution < -0.4 is 10.6 Å². The number of halogens is 1. The molecule has 0 saturated carbocycles. The molecule has 1 aliphatic heterocycles. The first-order valence-corrected chi connectivity index (χ1v) is 5.98. The van der Waals surface area contributed by atoms with Crippen molar-refractivity contribution in [3.63, 3.8) is 0 Å². The molecule has 18 heavy (non-hydrogen) atoms. The average Bonchev–Trinajstić information content (AvgIpc) is 2.40. The molecule has 1 heterocycles. The first-order valence-electron chi connectivity index (χ1n) is 5.98. The number of carbonyl (C=O) groups is 2. The molecule has 4 nitrogen and oxygen atoms in total. The summed E-state index contributed by atoms with van der Waals surface area (Å²) in [4.78, 5) is 23.5. The highest BCUT2D eigenvalue weighted by Crippen LogP contribution is 2.10. The smallest absolute Gasteiger partial charge is 0.257 e. The number of hydrogen-bond donors (Lipinski definition) is 2. The molecule has 1 aliphatic rings. The number of imide groups is 1. The SMILES string of the molecule is O=C(NC(=O)[C@H]1CCCNC1)c1ccc(F)cc1. The molecule has 5 heteroatoms. The van der Waals surface area contributed by atoms with Crippen molar-refractivity contribution in [2.75, 3.05) is 13.1 Å². The zero-order valence-corrected chi connectivity index (χ0v) is 9.91. The van der Waals surface area contributed by atoms with Crippen molar-refractivity contribution >= 4 is 11.8 Å². The van der Waals surface area contributed by atoms with E-state index in [1.165, 1.54) is 24.3 Å². The quantitative estimate of drug-likeness (QED) is 0.772. The fraction of sp³-hybridized carbons (Fsp3) is 0.385. The highest BCUT2D eigenvalue weighted by Gasteiger charge is 2.22.